The highest BCUT2D eigenvalue weighted by molar-refractivity contribution is 7.91. The van der Waals surface area contributed by atoms with Gasteiger partial charge >= 0.3 is 12.1 Å². The number of esters is 1. The van der Waals surface area contributed by atoms with Gasteiger partial charge in [-0.15, -0.1) is 6.58 Å². The molecule has 6 bridgehead atoms. The predicted octanol–water partition coefficient (Wildman–Crippen LogP) is 1.97. The van der Waals surface area contributed by atoms with Gasteiger partial charge in [0.05, 0.1) is 18.4 Å². The SMILES string of the molecule is C=C[C@@H]1C[C@]1(NC(=O)[C@@H]1C[C@@H]2CN1C(=O)[C@H](C1CCCC1)NC(=O)OCCC/C=C/c1cccc3c1CNC(C3)C(=O)O2)C(=O)NS(=O)(=O)C1CC1. The van der Waals surface area contributed by atoms with Crippen LogP contribution in [0, 0.1) is 11.8 Å². The molecule has 6 atom stereocenters. The molecule has 1 saturated heterocycles. The van der Waals surface area contributed by atoms with Gasteiger partial charge in [-0.3, -0.25) is 29.2 Å². The summed E-state index contributed by atoms with van der Waals surface area (Å²) in [6.45, 7) is 4.25. The molecule has 3 aliphatic carbocycles. The second kappa shape index (κ2) is 14.6. The van der Waals surface area contributed by atoms with Crippen molar-refractivity contribution in [1.82, 2.24) is 25.6 Å². The maximum Gasteiger partial charge on any atom is 0.407 e. The Balaban J connectivity index is 1.16. The van der Waals surface area contributed by atoms with Crippen molar-refractivity contribution in [1.29, 1.82) is 0 Å². The van der Waals surface area contributed by atoms with Gasteiger partial charge in [-0.1, -0.05) is 49.3 Å². The van der Waals surface area contributed by atoms with Crippen molar-refractivity contribution in [2.24, 2.45) is 11.8 Å². The minimum atomic E-state index is -3.90. The number of carbonyl (C=O) groups excluding carboxylic acids is 5. The van der Waals surface area contributed by atoms with Crippen LogP contribution in [-0.2, 0) is 51.6 Å². The fraction of sp³-hybridized carbons (Fsp3) is 0.595. The van der Waals surface area contributed by atoms with E-state index >= 15 is 0 Å². The van der Waals surface area contributed by atoms with Crippen LogP contribution in [0.1, 0.15) is 80.9 Å². The summed E-state index contributed by atoms with van der Waals surface area (Å²) in [4.78, 5) is 70.1. The summed E-state index contributed by atoms with van der Waals surface area (Å²) in [7, 11) is -3.90. The molecule has 1 aromatic carbocycles. The van der Waals surface area contributed by atoms with Crippen LogP contribution in [0.5, 0.6) is 0 Å². The van der Waals surface area contributed by atoms with Crippen LogP contribution in [0.3, 0.4) is 0 Å². The first-order valence-corrected chi connectivity index (χ1v) is 20.0. The van der Waals surface area contributed by atoms with Crippen LogP contribution in [0.2, 0.25) is 0 Å². The van der Waals surface area contributed by atoms with Gasteiger partial charge in [-0.25, -0.2) is 13.2 Å². The number of rotatable bonds is 7. The molecule has 4 heterocycles. The van der Waals surface area contributed by atoms with Crippen molar-refractivity contribution in [3.05, 3.63) is 53.6 Å². The maximum absolute atomic E-state index is 14.5. The quantitative estimate of drug-likeness (QED) is 0.238. The van der Waals surface area contributed by atoms with Crippen LogP contribution < -0.4 is 20.7 Å². The smallest absolute Gasteiger partial charge is 0.407 e. The highest BCUT2D eigenvalue weighted by Gasteiger charge is 2.62. The zero-order chi connectivity index (χ0) is 36.6. The molecule has 280 valence electrons. The molecule has 0 radical (unpaired) electrons. The van der Waals surface area contributed by atoms with Crippen LogP contribution in [0.15, 0.2) is 36.9 Å². The first-order valence-electron chi connectivity index (χ1n) is 18.4. The lowest BCUT2D eigenvalue weighted by Gasteiger charge is -2.32. The number of carbonyl (C=O) groups is 5. The van der Waals surface area contributed by atoms with E-state index in [9.17, 15) is 32.4 Å². The summed E-state index contributed by atoms with van der Waals surface area (Å²) in [5, 5.41) is 8.20. The molecule has 14 nitrogen and oxygen atoms in total. The molecular weight excluding hydrogens is 691 g/mol. The molecule has 15 heteroatoms. The molecule has 3 saturated carbocycles. The standard InChI is InChI=1S/C37H47N5O9S/c1-2-25-19-37(25,35(46)41-52(48,49)27-14-15-27)40-32(43)30-18-26-21-42(30)33(44)31(23-10-5-6-11-23)39-36(47)50-16-7-3-4-9-22-12-8-13-24-17-29(34(45)51-26)38-20-28(22)24/h2,4,8-9,12-13,23,25-27,29-31,38H,1,3,5-7,10-11,14-21H2,(H,39,47)(H,40,43)(H,41,46)/b9-4+/t25-,26-,29?,30+,31+,37-/m1/s1. The van der Waals surface area contributed by atoms with Crippen LogP contribution in [0.4, 0.5) is 4.79 Å². The average Bonchev–Trinajstić information content (AvgIpc) is 4.00. The van der Waals surface area contributed by atoms with E-state index in [1.807, 2.05) is 30.4 Å². The first-order chi connectivity index (χ1) is 25.0. The van der Waals surface area contributed by atoms with Gasteiger partial charge in [0.1, 0.15) is 29.8 Å². The van der Waals surface area contributed by atoms with E-state index in [-0.39, 0.29) is 31.9 Å². The molecule has 0 spiro atoms. The third kappa shape index (κ3) is 7.47. The van der Waals surface area contributed by atoms with Gasteiger partial charge in [0, 0.05) is 18.9 Å². The lowest BCUT2D eigenvalue weighted by molar-refractivity contribution is -0.152. The van der Waals surface area contributed by atoms with Crippen LogP contribution >= 0.6 is 0 Å². The largest absolute Gasteiger partial charge is 0.459 e. The molecule has 4 N–H and O–H groups in total. The Morgan fingerprint density at radius 2 is 1.87 bits per heavy atom. The summed E-state index contributed by atoms with van der Waals surface area (Å²) in [5.41, 5.74) is 1.58. The molecule has 8 rings (SSSR count). The van der Waals surface area contributed by atoms with E-state index < -0.39 is 80.7 Å². The van der Waals surface area contributed by atoms with Crippen molar-refractivity contribution in [3.63, 3.8) is 0 Å². The minimum absolute atomic E-state index is 0.0553. The number of sulfonamides is 1. The normalized spacial score (nSPS) is 31.9. The molecule has 0 aromatic heterocycles. The average molecular weight is 738 g/mol. The van der Waals surface area contributed by atoms with E-state index in [1.54, 1.807) is 0 Å². The van der Waals surface area contributed by atoms with Gasteiger partial charge in [0.2, 0.25) is 21.8 Å². The molecule has 1 unspecified atom stereocenters. The van der Waals surface area contributed by atoms with Crippen molar-refractivity contribution >= 4 is 45.9 Å². The van der Waals surface area contributed by atoms with Crippen molar-refractivity contribution in [2.45, 2.75) is 112 Å². The van der Waals surface area contributed by atoms with Gasteiger partial charge < -0.3 is 25.0 Å². The first kappa shape index (κ1) is 36.1. The molecule has 1 aromatic rings. The summed E-state index contributed by atoms with van der Waals surface area (Å²) < 4.78 is 39.0. The van der Waals surface area contributed by atoms with Gasteiger partial charge in [-0.2, -0.15) is 0 Å². The molecule has 52 heavy (non-hydrogen) atoms. The van der Waals surface area contributed by atoms with E-state index in [0.717, 1.165) is 29.5 Å². The van der Waals surface area contributed by atoms with Gasteiger partial charge in [-0.05, 0) is 74.0 Å². The predicted molar refractivity (Wildman–Crippen MR) is 189 cm³/mol. The summed E-state index contributed by atoms with van der Waals surface area (Å²) in [6, 6.07) is 3.14. The second-order valence-corrected chi connectivity index (χ2v) is 16.9. The fourth-order valence-corrected chi connectivity index (χ4v) is 9.50. The Morgan fingerprint density at radius 3 is 2.60 bits per heavy atom. The third-order valence-electron chi connectivity index (χ3n) is 11.4. The van der Waals surface area contributed by atoms with Gasteiger partial charge in [0.25, 0.3) is 5.91 Å². The number of benzene rings is 1. The Kier molecular flexibility index (Phi) is 10.2. The van der Waals surface area contributed by atoms with Gasteiger partial charge in [0.15, 0.2) is 0 Å². The van der Waals surface area contributed by atoms with Crippen molar-refractivity contribution < 1.29 is 41.9 Å². The fourth-order valence-electron chi connectivity index (χ4n) is 8.14. The van der Waals surface area contributed by atoms with E-state index in [4.69, 9.17) is 9.47 Å². The highest BCUT2D eigenvalue weighted by atomic mass is 32.2. The van der Waals surface area contributed by atoms with Crippen LogP contribution in [-0.4, -0.2) is 91.3 Å². The number of hydrogen-bond acceptors (Lipinski definition) is 10. The topological polar surface area (TPSA) is 189 Å². The minimum Gasteiger partial charge on any atom is -0.459 e. The third-order valence-corrected chi connectivity index (χ3v) is 13.2. The Bertz CT molecular complexity index is 1770. The zero-order valence-corrected chi connectivity index (χ0v) is 30.0. The van der Waals surface area contributed by atoms with E-state index in [1.165, 1.54) is 11.0 Å². The Labute approximate surface area is 303 Å². The van der Waals surface area contributed by atoms with E-state index in [2.05, 4.69) is 27.3 Å². The maximum atomic E-state index is 14.5. The number of nitrogens with one attached hydrogen (secondary N) is 4. The summed E-state index contributed by atoms with van der Waals surface area (Å²) >= 11 is 0. The highest BCUT2D eigenvalue weighted by Crippen LogP contribution is 2.45. The number of alkyl carbamates (subject to hydrolysis) is 1. The summed E-state index contributed by atoms with van der Waals surface area (Å²) in [5.74, 6) is -3.28. The van der Waals surface area contributed by atoms with E-state index in [0.29, 0.717) is 51.5 Å². The summed E-state index contributed by atoms with van der Waals surface area (Å²) in [6.07, 6.45) is 9.74. The zero-order valence-electron chi connectivity index (χ0n) is 29.1. The molecule has 7 aliphatic rings. The lowest BCUT2D eigenvalue weighted by atomic mass is 9.92. The second-order valence-electron chi connectivity index (χ2n) is 15.0. The van der Waals surface area contributed by atoms with Crippen molar-refractivity contribution in [3.8, 4) is 0 Å². The number of allylic oxidation sites excluding steroid dienone is 1. The van der Waals surface area contributed by atoms with Crippen molar-refractivity contribution in [2.75, 3.05) is 13.2 Å². The molecule has 4 amide bonds. The Hall–Kier alpha value is -4.24. The molecule has 4 aliphatic heterocycles. The number of ether oxygens (including phenoxy) is 2. The number of hydrogen-bond donors (Lipinski definition) is 4. The monoisotopic (exact) mass is 737 g/mol. The van der Waals surface area contributed by atoms with Crippen LogP contribution in [0.25, 0.3) is 6.08 Å². The number of nitrogens with zero attached hydrogens (tertiary/aromatic N) is 1. The Morgan fingerprint density at radius 1 is 1.08 bits per heavy atom. The molecular formula is C37H47N5O9S. The molecule has 4 fully saturated rings. The number of amides is 4. The lowest BCUT2D eigenvalue weighted by Crippen LogP contribution is -2.59. The number of fused-ring (bicyclic) bond motifs is 10.